The van der Waals surface area contributed by atoms with Gasteiger partial charge in [0.2, 0.25) is 0 Å². The Kier molecular flexibility index (Phi) is 8.09. The predicted octanol–water partition coefficient (Wildman–Crippen LogP) is 4.19. The molecule has 0 aliphatic heterocycles. The van der Waals surface area contributed by atoms with E-state index >= 15 is 0 Å². The molecule has 0 aliphatic rings. The lowest BCUT2D eigenvalue weighted by Crippen LogP contribution is -2.34. The number of hydrogen-bond donors (Lipinski definition) is 0. The van der Waals surface area contributed by atoms with E-state index in [0.29, 0.717) is 26.4 Å². The maximum Gasteiger partial charge on any atom is 0.182 e. The van der Waals surface area contributed by atoms with Crippen LogP contribution in [0.1, 0.15) is 22.9 Å². The van der Waals surface area contributed by atoms with E-state index in [4.69, 9.17) is 14.2 Å². The van der Waals surface area contributed by atoms with Crippen molar-refractivity contribution in [3.8, 4) is 0 Å². The summed E-state index contributed by atoms with van der Waals surface area (Å²) in [6, 6.07) is 30.0. The van der Waals surface area contributed by atoms with Crippen LogP contribution in [0.2, 0.25) is 0 Å². The standard InChI is InChI=1S/C25H26N4O3/c1-4-10-21(11-5-1)16-30-19-24(31-17-22-12-6-2-7-13-22)25(29-20-26-27-28-29)32-18-23-14-8-3-9-15-23/h1-15,20,24-25H,16-19H2/t24-,25-/m1/s1. The predicted molar refractivity (Wildman–Crippen MR) is 119 cm³/mol. The summed E-state index contributed by atoms with van der Waals surface area (Å²) in [7, 11) is 0. The molecular formula is C25H26N4O3. The van der Waals surface area contributed by atoms with Crippen LogP contribution in [0, 0.1) is 0 Å². The molecular weight excluding hydrogens is 404 g/mol. The second-order valence-corrected chi connectivity index (χ2v) is 7.31. The Balaban J connectivity index is 1.47. The molecule has 0 saturated heterocycles. The van der Waals surface area contributed by atoms with Crippen LogP contribution in [0.25, 0.3) is 0 Å². The molecule has 4 rings (SSSR count). The zero-order valence-electron chi connectivity index (χ0n) is 17.7. The molecule has 164 valence electrons. The highest BCUT2D eigenvalue weighted by atomic mass is 16.6. The van der Waals surface area contributed by atoms with Gasteiger partial charge in [0, 0.05) is 0 Å². The van der Waals surface area contributed by atoms with Gasteiger partial charge in [0.25, 0.3) is 0 Å². The fourth-order valence-electron chi connectivity index (χ4n) is 3.25. The van der Waals surface area contributed by atoms with E-state index in [9.17, 15) is 0 Å². The van der Waals surface area contributed by atoms with Crippen molar-refractivity contribution >= 4 is 0 Å². The first-order chi connectivity index (χ1) is 15.9. The van der Waals surface area contributed by atoms with Crippen molar-refractivity contribution < 1.29 is 14.2 Å². The molecule has 0 saturated carbocycles. The SMILES string of the molecule is c1ccc(COC[C@@H](OCc2ccccc2)[C@@H](OCc2ccccc2)n2cnnn2)cc1. The highest BCUT2D eigenvalue weighted by Crippen LogP contribution is 2.20. The Hall–Kier alpha value is -3.39. The van der Waals surface area contributed by atoms with Crippen LogP contribution in [0.3, 0.4) is 0 Å². The van der Waals surface area contributed by atoms with Gasteiger partial charge in [-0.2, -0.15) is 0 Å². The van der Waals surface area contributed by atoms with Gasteiger partial charge in [-0.05, 0) is 27.1 Å². The quantitative estimate of drug-likeness (QED) is 0.336. The molecule has 0 amide bonds. The summed E-state index contributed by atoms with van der Waals surface area (Å²) < 4.78 is 20.1. The average Bonchev–Trinajstić information content (AvgIpc) is 3.39. The van der Waals surface area contributed by atoms with Gasteiger partial charge in [0.15, 0.2) is 6.23 Å². The van der Waals surface area contributed by atoms with E-state index < -0.39 is 12.3 Å². The smallest absolute Gasteiger partial charge is 0.182 e. The zero-order chi connectivity index (χ0) is 21.8. The van der Waals surface area contributed by atoms with E-state index in [1.54, 1.807) is 4.68 Å². The maximum absolute atomic E-state index is 6.27. The molecule has 0 N–H and O–H groups in total. The Morgan fingerprint density at radius 2 is 1.19 bits per heavy atom. The summed E-state index contributed by atoms with van der Waals surface area (Å²) in [6.45, 7) is 1.62. The number of rotatable bonds is 12. The highest BCUT2D eigenvalue weighted by molar-refractivity contribution is 5.15. The minimum Gasteiger partial charge on any atom is -0.374 e. The van der Waals surface area contributed by atoms with Gasteiger partial charge in [-0.15, -0.1) is 5.10 Å². The molecule has 3 aromatic carbocycles. The molecule has 0 aliphatic carbocycles. The Bertz CT molecular complexity index is 1020. The lowest BCUT2D eigenvalue weighted by molar-refractivity contribution is -0.151. The van der Waals surface area contributed by atoms with Gasteiger partial charge in [-0.1, -0.05) is 91.0 Å². The van der Waals surface area contributed by atoms with Crippen LogP contribution in [0.4, 0.5) is 0 Å². The van der Waals surface area contributed by atoms with Crippen molar-refractivity contribution in [1.29, 1.82) is 0 Å². The summed E-state index contributed by atoms with van der Waals surface area (Å²) in [5, 5.41) is 11.6. The Morgan fingerprint density at radius 1 is 0.656 bits per heavy atom. The van der Waals surface area contributed by atoms with Crippen molar-refractivity contribution in [3.05, 3.63) is 114 Å². The first kappa shape index (κ1) is 21.8. The second kappa shape index (κ2) is 11.9. The minimum atomic E-state index is -0.551. The first-order valence-electron chi connectivity index (χ1n) is 10.5. The highest BCUT2D eigenvalue weighted by Gasteiger charge is 2.27. The average molecular weight is 431 g/mol. The van der Waals surface area contributed by atoms with E-state index in [2.05, 4.69) is 15.5 Å². The molecule has 7 heteroatoms. The molecule has 0 fully saturated rings. The van der Waals surface area contributed by atoms with Gasteiger partial charge in [-0.25, -0.2) is 4.68 Å². The molecule has 0 bridgehead atoms. The summed E-state index contributed by atoms with van der Waals surface area (Å²) in [6.07, 6.45) is 0.557. The van der Waals surface area contributed by atoms with Crippen LogP contribution < -0.4 is 0 Å². The number of tetrazole rings is 1. The topological polar surface area (TPSA) is 71.3 Å². The third-order valence-electron chi connectivity index (χ3n) is 4.91. The van der Waals surface area contributed by atoms with Crippen molar-refractivity contribution in [2.24, 2.45) is 0 Å². The summed E-state index contributed by atoms with van der Waals surface area (Å²) in [4.78, 5) is 0. The van der Waals surface area contributed by atoms with Crippen LogP contribution in [-0.4, -0.2) is 32.9 Å². The molecule has 0 radical (unpaired) electrons. The lowest BCUT2D eigenvalue weighted by Gasteiger charge is -2.27. The van der Waals surface area contributed by atoms with Gasteiger partial charge < -0.3 is 14.2 Å². The van der Waals surface area contributed by atoms with Gasteiger partial charge in [0.1, 0.15) is 12.4 Å². The molecule has 32 heavy (non-hydrogen) atoms. The zero-order valence-corrected chi connectivity index (χ0v) is 17.7. The van der Waals surface area contributed by atoms with E-state index in [-0.39, 0.29) is 0 Å². The van der Waals surface area contributed by atoms with Crippen LogP contribution in [0.5, 0.6) is 0 Å². The third kappa shape index (κ3) is 6.55. The van der Waals surface area contributed by atoms with Crippen LogP contribution in [0.15, 0.2) is 97.3 Å². The largest absolute Gasteiger partial charge is 0.374 e. The monoisotopic (exact) mass is 430 g/mol. The number of aromatic nitrogens is 4. The van der Waals surface area contributed by atoms with Gasteiger partial charge in [0.05, 0.1) is 26.4 Å². The molecule has 1 heterocycles. The van der Waals surface area contributed by atoms with E-state index in [1.165, 1.54) is 6.33 Å². The summed E-state index contributed by atoms with van der Waals surface area (Å²) in [5.74, 6) is 0. The van der Waals surface area contributed by atoms with Crippen molar-refractivity contribution in [2.45, 2.75) is 32.2 Å². The fourth-order valence-corrected chi connectivity index (χ4v) is 3.25. The number of hydrogen-bond acceptors (Lipinski definition) is 6. The van der Waals surface area contributed by atoms with Crippen molar-refractivity contribution in [2.75, 3.05) is 6.61 Å². The molecule has 7 nitrogen and oxygen atoms in total. The number of nitrogens with zero attached hydrogens (tertiary/aromatic N) is 4. The molecule has 2 atom stereocenters. The molecule has 0 unspecified atom stereocenters. The lowest BCUT2D eigenvalue weighted by atomic mass is 10.2. The minimum absolute atomic E-state index is 0.320. The normalized spacial score (nSPS) is 13.0. The molecule has 0 spiro atoms. The van der Waals surface area contributed by atoms with E-state index in [0.717, 1.165) is 16.7 Å². The number of benzene rings is 3. The van der Waals surface area contributed by atoms with Crippen molar-refractivity contribution in [3.63, 3.8) is 0 Å². The Morgan fingerprint density at radius 3 is 1.72 bits per heavy atom. The molecule has 1 aromatic heterocycles. The molecule has 4 aromatic rings. The third-order valence-corrected chi connectivity index (χ3v) is 4.91. The van der Waals surface area contributed by atoms with Crippen molar-refractivity contribution in [1.82, 2.24) is 20.2 Å². The van der Waals surface area contributed by atoms with Crippen LogP contribution in [-0.2, 0) is 34.0 Å². The summed E-state index contributed by atoms with van der Waals surface area (Å²) >= 11 is 0. The van der Waals surface area contributed by atoms with Crippen LogP contribution >= 0.6 is 0 Å². The fraction of sp³-hybridized carbons (Fsp3) is 0.240. The maximum atomic E-state index is 6.27. The van der Waals surface area contributed by atoms with Gasteiger partial charge >= 0.3 is 0 Å². The number of ether oxygens (including phenoxy) is 3. The second-order valence-electron chi connectivity index (χ2n) is 7.31. The van der Waals surface area contributed by atoms with Gasteiger partial charge in [-0.3, -0.25) is 0 Å². The summed E-state index contributed by atoms with van der Waals surface area (Å²) in [5.41, 5.74) is 3.22. The van der Waals surface area contributed by atoms with E-state index in [1.807, 2.05) is 91.0 Å². The first-order valence-corrected chi connectivity index (χ1v) is 10.5. The Labute approximate surface area is 187 Å².